The molecule has 1 atom stereocenters. The second-order valence-electron chi connectivity index (χ2n) is 4.68. The first-order valence-electron chi connectivity index (χ1n) is 5.79. The van der Waals surface area contributed by atoms with Crippen molar-refractivity contribution in [2.45, 2.75) is 26.8 Å². The smallest absolute Gasteiger partial charge is 0.239 e. The van der Waals surface area contributed by atoms with Crippen molar-refractivity contribution in [3.8, 4) is 0 Å². The third kappa shape index (κ3) is 3.18. The highest BCUT2D eigenvalue weighted by Gasteiger charge is 2.30. The zero-order chi connectivity index (χ0) is 11.4. The minimum atomic E-state index is 0.000972. The molecule has 15 heavy (non-hydrogen) atoms. The maximum atomic E-state index is 12.0. The van der Waals surface area contributed by atoms with Gasteiger partial charge in [0, 0.05) is 32.7 Å². The molecule has 1 unspecified atom stereocenters. The van der Waals surface area contributed by atoms with E-state index in [9.17, 15) is 4.79 Å². The standard InChI is InChI=1S/C11H23N3O/c1-9(2)8-14-7-6-13(5-4-12)10(3)11(14)15/h9-10H,4-8,12H2,1-3H3. The van der Waals surface area contributed by atoms with Crippen molar-refractivity contribution in [2.75, 3.05) is 32.7 Å². The zero-order valence-corrected chi connectivity index (χ0v) is 10.1. The number of amides is 1. The lowest BCUT2D eigenvalue weighted by Gasteiger charge is -2.39. The van der Waals surface area contributed by atoms with Crippen molar-refractivity contribution in [1.82, 2.24) is 9.80 Å². The van der Waals surface area contributed by atoms with E-state index in [0.717, 1.165) is 26.2 Å². The Bertz CT molecular complexity index is 218. The van der Waals surface area contributed by atoms with E-state index in [1.54, 1.807) is 0 Å². The Morgan fingerprint density at radius 1 is 1.47 bits per heavy atom. The molecule has 0 aromatic rings. The van der Waals surface area contributed by atoms with Crippen molar-refractivity contribution in [3.05, 3.63) is 0 Å². The molecule has 0 spiro atoms. The van der Waals surface area contributed by atoms with Crippen LogP contribution in [0.25, 0.3) is 0 Å². The van der Waals surface area contributed by atoms with Gasteiger partial charge in [-0.2, -0.15) is 0 Å². The van der Waals surface area contributed by atoms with E-state index in [-0.39, 0.29) is 11.9 Å². The van der Waals surface area contributed by atoms with Gasteiger partial charge in [0.1, 0.15) is 0 Å². The van der Waals surface area contributed by atoms with Crippen molar-refractivity contribution in [1.29, 1.82) is 0 Å². The van der Waals surface area contributed by atoms with Crippen LogP contribution in [0.1, 0.15) is 20.8 Å². The predicted molar refractivity (Wildman–Crippen MR) is 61.5 cm³/mol. The van der Waals surface area contributed by atoms with E-state index in [1.165, 1.54) is 0 Å². The minimum Gasteiger partial charge on any atom is -0.340 e. The summed E-state index contributed by atoms with van der Waals surface area (Å²) in [7, 11) is 0. The number of nitrogens with zero attached hydrogens (tertiary/aromatic N) is 2. The Morgan fingerprint density at radius 3 is 2.67 bits per heavy atom. The van der Waals surface area contributed by atoms with Crippen LogP contribution >= 0.6 is 0 Å². The molecule has 1 fully saturated rings. The highest BCUT2D eigenvalue weighted by Crippen LogP contribution is 2.12. The van der Waals surface area contributed by atoms with Gasteiger partial charge in [-0.1, -0.05) is 13.8 Å². The fourth-order valence-corrected chi connectivity index (χ4v) is 2.07. The summed E-state index contributed by atoms with van der Waals surface area (Å²) >= 11 is 0. The lowest BCUT2D eigenvalue weighted by atomic mass is 10.1. The summed E-state index contributed by atoms with van der Waals surface area (Å²) in [4.78, 5) is 16.1. The molecule has 1 aliphatic rings. The zero-order valence-electron chi connectivity index (χ0n) is 10.1. The fraction of sp³-hybridized carbons (Fsp3) is 0.909. The molecule has 0 bridgehead atoms. The number of hydrogen-bond donors (Lipinski definition) is 1. The van der Waals surface area contributed by atoms with Crippen LogP contribution in [-0.2, 0) is 4.79 Å². The summed E-state index contributed by atoms with van der Waals surface area (Å²) in [5, 5.41) is 0. The topological polar surface area (TPSA) is 49.6 Å². The Kier molecular flexibility index (Phi) is 4.54. The monoisotopic (exact) mass is 213 g/mol. The summed E-state index contributed by atoms with van der Waals surface area (Å²) < 4.78 is 0. The number of rotatable bonds is 4. The van der Waals surface area contributed by atoms with Crippen molar-refractivity contribution in [2.24, 2.45) is 11.7 Å². The van der Waals surface area contributed by atoms with Crippen LogP contribution < -0.4 is 5.73 Å². The quantitative estimate of drug-likeness (QED) is 0.722. The van der Waals surface area contributed by atoms with Crippen LogP contribution in [0.4, 0.5) is 0 Å². The van der Waals surface area contributed by atoms with Crippen LogP contribution in [0, 0.1) is 5.92 Å². The van der Waals surface area contributed by atoms with Crippen LogP contribution in [0.5, 0.6) is 0 Å². The summed E-state index contributed by atoms with van der Waals surface area (Å²) in [5.74, 6) is 0.797. The van der Waals surface area contributed by atoms with Crippen LogP contribution in [0.15, 0.2) is 0 Å². The van der Waals surface area contributed by atoms with E-state index < -0.39 is 0 Å². The molecular formula is C11H23N3O. The minimum absolute atomic E-state index is 0.000972. The molecule has 4 nitrogen and oxygen atoms in total. The van der Waals surface area contributed by atoms with Gasteiger partial charge in [-0.25, -0.2) is 0 Å². The largest absolute Gasteiger partial charge is 0.340 e. The van der Waals surface area contributed by atoms with Gasteiger partial charge < -0.3 is 10.6 Å². The maximum Gasteiger partial charge on any atom is 0.239 e. The maximum absolute atomic E-state index is 12.0. The lowest BCUT2D eigenvalue weighted by Crippen LogP contribution is -2.57. The molecule has 0 saturated carbocycles. The number of piperazine rings is 1. The van der Waals surface area contributed by atoms with Crippen molar-refractivity contribution < 1.29 is 4.79 Å². The summed E-state index contributed by atoms with van der Waals surface area (Å²) in [6, 6.07) is 0.000972. The molecule has 1 amide bonds. The molecule has 2 N–H and O–H groups in total. The predicted octanol–water partition coefficient (Wildman–Crippen LogP) is 0.134. The molecule has 88 valence electrons. The molecule has 0 aromatic heterocycles. The van der Waals surface area contributed by atoms with Crippen LogP contribution in [-0.4, -0.2) is 54.5 Å². The molecule has 1 saturated heterocycles. The summed E-state index contributed by atoms with van der Waals surface area (Å²) in [6.45, 7) is 10.4. The highest BCUT2D eigenvalue weighted by molar-refractivity contribution is 5.82. The summed E-state index contributed by atoms with van der Waals surface area (Å²) in [5.41, 5.74) is 5.52. The van der Waals surface area contributed by atoms with Crippen molar-refractivity contribution in [3.63, 3.8) is 0 Å². The molecular weight excluding hydrogens is 190 g/mol. The third-order valence-corrected chi connectivity index (χ3v) is 2.88. The van der Waals surface area contributed by atoms with Crippen LogP contribution in [0.3, 0.4) is 0 Å². The van der Waals surface area contributed by atoms with Crippen LogP contribution in [0.2, 0.25) is 0 Å². The molecule has 1 aliphatic heterocycles. The Labute approximate surface area is 92.4 Å². The van der Waals surface area contributed by atoms with E-state index >= 15 is 0 Å². The highest BCUT2D eigenvalue weighted by atomic mass is 16.2. The van der Waals surface area contributed by atoms with Gasteiger partial charge in [-0.15, -0.1) is 0 Å². The first-order chi connectivity index (χ1) is 7.06. The first-order valence-corrected chi connectivity index (χ1v) is 5.79. The van der Waals surface area contributed by atoms with Gasteiger partial charge in [0.25, 0.3) is 0 Å². The second-order valence-corrected chi connectivity index (χ2v) is 4.68. The number of nitrogens with two attached hydrogens (primary N) is 1. The number of hydrogen-bond acceptors (Lipinski definition) is 3. The Hall–Kier alpha value is -0.610. The molecule has 1 rings (SSSR count). The average Bonchev–Trinajstić information content (AvgIpc) is 2.17. The molecule has 1 heterocycles. The van der Waals surface area contributed by atoms with Gasteiger partial charge in [0.05, 0.1) is 6.04 Å². The van der Waals surface area contributed by atoms with Gasteiger partial charge >= 0.3 is 0 Å². The molecule has 0 aromatic carbocycles. The van der Waals surface area contributed by atoms with Crippen molar-refractivity contribution >= 4 is 5.91 Å². The van der Waals surface area contributed by atoms with E-state index in [0.29, 0.717) is 12.5 Å². The lowest BCUT2D eigenvalue weighted by molar-refractivity contribution is -0.141. The Morgan fingerprint density at radius 2 is 2.13 bits per heavy atom. The first kappa shape index (κ1) is 12.5. The van der Waals surface area contributed by atoms with Gasteiger partial charge in [0.2, 0.25) is 5.91 Å². The van der Waals surface area contributed by atoms with E-state index in [1.807, 2.05) is 11.8 Å². The number of carbonyl (C=O) groups is 1. The summed E-state index contributed by atoms with van der Waals surface area (Å²) in [6.07, 6.45) is 0. The van der Waals surface area contributed by atoms with Gasteiger partial charge in [0.15, 0.2) is 0 Å². The Balaban J connectivity index is 2.52. The molecule has 4 heteroatoms. The third-order valence-electron chi connectivity index (χ3n) is 2.88. The molecule has 0 aliphatic carbocycles. The SMILES string of the molecule is CC(C)CN1CCN(CCN)C(C)C1=O. The van der Waals surface area contributed by atoms with E-state index in [4.69, 9.17) is 5.73 Å². The normalized spacial score (nSPS) is 23.9. The van der Waals surface area contributed by atoms with Gasteiger partial charge in [-0.3, -0.25) is 9.69 Å². The average molecular weight is 213 g/mol. The number of carbonyl (C=O) groups excluding carboxylic acids is 1. The molecule has 0 radical (unpaired) electrons. The van der Waals surface area contributed by atoms with Gasteiger partial charge in [-0.05, 0) is 12.8 Å². The fourth-order valence-electron chi connectivity index (χ4n) is 2.07. The van der Waals surface area contributed by atoms with E-state index in [2.05, 4.69) is 18.7 Å². The second kappa shape index (κ2) is 5.47.